The number of nitrogens with one attached hydrogen (secondary N) is 1. The number of hydrogen-bond donors (Lipinski definition) is 1. The van der Waals surface area contributed by atoms with Crippen molar-refractivity contribution in [1.82, 2.24) is 9.88 Å². The van der Waals surface area contributed by atoms with Gasteiger partial charge in [-0.1, -0.05) is 44.2 Å². The number of nitrogens with zero attached hydrogens (tertiary/aromatic N) is 1. The molecule has 0 atom stereocenters. The molecule has 5 nitrogen and oxygen atoms in total. The van der Waals surface area contributed by atoms with Gasteiger partial charge in [-0.2, -0.15) is 0 Å². The van der Waals surface area contributed by atoms with Crippen molar-refractivity contribution in [2.45, 2.75) is 39.7 Å². The molecule has 0 saturated carbocycles. The molecule has 3 rings (SSSR count). The van der Waals surface area contributed by atoms with Crippen LogP contribution in [0.15, 0.2) is 59.4 Å². The third-order valence-corrected chi connectivity index (χ3v) is 5.00. The summed E-state index contributed by atoms with van der Waals surface area (Å²) in [7, 11) is 0. The van der Waals surface area contributed by atoms with Crippen LogP contribution >= 0.6 is 0 Å². The molecule has 0 unspecified atom stereocenters. The number of amides is 1. The van der Waals surface area contributed by atoms with Crippen LogP contribution in [0.2, 0.25) is 0 Å². The highest BCUT2D eigenvalue weighted by Gasteiger charge is 2.12. The van der Waals surface area contributed by atoms with Gasteiger partial charge in [0.1, 0.15) is 5.75 Å². The van der Waals surface area contributed by atoms with Gasteiger partial charge in [0, 0.05) is 30.6 Å². The number of ether oxygens (including phenoxy) is 1. The van der Waals surface area contributed by atoms with Crippen molar-refractivity contribution < 1.29 is 9.53 Å². The average molecular weight is 392 g/mol. The predicted octanol–water partition coefficient (Wildman–Crippen LogP) is 3.88. The molecule has 0 fully saturated rings. The van der Waals surface area contributed by atoms with E-state index in [-0.39, 0.29) is 24.0 Å². The smallest absolute Gasteiger partial charge is 0.257 e. The minimum atomic E-state index is -0.162. The molecular formula is C24H28N2O3. The number of aryl methyl sites for hydroxylation is 1. The van der Waals surface area contributed by atoms with E-state index in [1.165, 1.54) is 5.56 Å². The number of carbonyl (C=O) groups excluding carboxylic acids is 1. The zero-order valence-electron chi connectivity index (χ0n) is 17.3. The van der Waals surface area contributed by atoms with E-state index in [1.807, 2.05) is 55.5 Å². The van der Waals surface area contributed by atoms with E-state index in [4.69, 9.17) is 4.74 Å². The number of carbonyl (C=O) groups is 1. The van der Waals surface area contributed by atoms with E-state index >= 15 is 0 Å². The molecule has 0 spiro atoms. The van der Waals surface area contributed by atoms with Crippen molar-refractivity contribution in [3.8, 4) is 5.75 Å². The molecule has 5 heteroatoms. The van der Waals surface area contributed by atoms with Gasteiger partial charge in [-0.05, 0) is 42.5 Å². The Labute approximate surface area is 171 Å². The van der Waals surface area contributed by atoms with Gasteiger partial charge >= 0.3 is 0 Å². The Bertz CT molecular complexity index is 1040. The minimum Gasteiger partial charge on any atom is -0.484 e. The summed E-state index contributed by atoms with van der Waals surface area (Å²) in [6, 6.07) is 17.4. The molecule has 0 saturated heterocycles. The maximum absolute atomic E-state index is 12.5. The number of fused-ring (bicyclic) bond motifs is 1. The van der Waals surface area contributed by atoms with E-state index in [1.54, 1.807) is 10.6 Å². The first-order valence-electron chi connectivity index (χ1n) is 10.1. The first-order chi connectivity index (χ1) is 14.0. The van der Waals surface area contributed by atoms with Crippen molar-refractivity contribution in [2.24, 2.45) is 0 Å². The first-order valence-corrected chi connectivity index (χ1v) is 10.1. The summed E-state index contributed by atoms with van der Waals surface area (Å²) in [5.74, 6) is 0.668. The number of aromatic nitrogens is 1. The van der Waals surface area contributed by atoms with E-state index in [2.05, 4.69) is 19.2 Å². The largest absolute Gasteiger partial charge is 0.484 e. The minimum absolute atomic E-state index is 0.0143. The lowest BCUT2D eigenvalue weighted by molar-refractivity contribution is -0.123. The Morgan fingerprint density at radius 3 is 2.55 bits per heavy atom. The summed E-state index contributed by atoms with van der Waals surface area (Å²) in [5, 5.41) is 3.92. The van der Waals surface area contributed by atoms with Gasteiger partial charge in [0.15, 0.2) is 6.61 Å². The molecule has 0 bridgehead atoms. The Hall–Kier alpha value is -3.08. The number of pyridine rings is 1. The van der Waals surface area contributed by atoms with Crippen LogP contribution in [0, 0.1) is 0 Å². The predicted molar refractivity (Wildman–Crippen MR) is 117 cm³/mol. The highest BCUT2D eigenvalue weighted by Crippen LogP contribution is 2.27. The second-order valence-corrected chi connectivity index (χ2v) is 7.39. The zero-order valence-corrected chi connectivity index (χ0v) is 17.3. The highest BCUT2D eigenvalue weighted by atomic mass is 16.5. The van der Waals surface area contributed by atoms with Crippen molar-refractivity contribution >= 4 is 16.8 Å². The lowest BCUT2D eigenvalue weighted by Crippen LogP contribution is -2.30. The molecular weight excluding hydrogens is 364 g/mol. The molecule has 2 aromatic carbocycles. The van der Waals surface area contributed by atoms with Gasteiger partial charge < -0.3 is 14.6 Å². The van der Waals surface area contributed by atoms with Gasteiger partial charge in [-0.15, -0.1) is 0 Å². The van der Waals surface area contributed by atoms with Crippen LogP contribution in [0.25, 0.3) is 10.9 Å². The Balaban J connectivity index is 1.67. The SMILES string of the molecule is CCn1c(=O)cc(C(C)C)c2ccc(OCC(=O)NCCc3ccccc3)cc21. The second kappa shape index (κ2) is 9.41. The number of benzene rings is 2. The topological polar surface area (TPSA) is 60.3 Å². The van der Waals surface area contributed by atoms with Gasteiger partial charge in [-0.3, -0.25) is 9.59 Å². The quantitative estimate of drug-likeness (QED) is 0.633. The van der Waals surface area contributed by atoms with Gasteiger partial charge in [0.2, 0.25) is 0 Å². The normalized spacial score (nSPS) is 11.0. The summed E-state index contributed by atoms with van der Waals surface area (Å²) in [5.41, 5.74) is 3.03. The summed E-state index contributed by atoms with van der Waals surface area (Å²) in [4.78, 5) is 24.6. The molecule has 1 amide bonds. The fraction of sp³-hybridized carbons (Fsp3) is 0.333. The molecule has 1 aromatic heterocycles. The summed E-state index contributed by atoms with van der Waals surface area (Å²) >= 11 is 0. The van der Waals surface area contributed by atoms with E-state index < -0.39 is 0 Å². The standard InChI is InChI=1S/C24H28N2O3/c1-4-26-22-14-19(10-11-20(22)21(17(2)3)15-24(26)28)29-16-23(27)25-13-12-18-8-6-5-7-9-18/h5-11,14-15,17H,4,12-13,16H2,1-3H3,(H,25,27). The number of rotatable bonds is 8. The maximum atomic E-state index is 12.5. The first kappa shape index (κ1) is 20.6. The molecule has 1 heterocycles. The summed E-state index contributed by atoms with van der Waals surface area (Å²) in [6.07, 6.45) is 0.781. The van der Waals surface area contributed by atoms with Crippen LogP contribution < -0.4 is 15.6 Å². The molecule has 29 heavy (non-hydrogen) atoms. The molecule has 0 aliphatic rings. The summed E-state index contributed by atoms with van der Waals surface area (Å²) in [6.45, 7) is 7.20. The second-order valence-electron chi connectivity index (χ2n) is 7.39. The van der Waals surface area contributed by atoms with Crippen LogP contribution in [0.3, 0.4) is 0 Å². The van der Waals surface area contributed by atoms with Crippen LogP contribution in [0.5, 0.6) is 5.75 Å². The number of hydrogen-bond acceptors (Lipinski definition) is 3. The van der Waals surface area contributed by atoms with Crippen LogP contribution in [-0.4, -0.2) is 23.6 Å². The average Bonchev–Trinajstić information content (AvgIpc) is 2.72. The van der Waals surface area contributed by atoms with E-state index in [0.717, 1.165) is 22.9 Å². The Morgan fingerprint density at radius 2 is 1.86 bits per heavy atom. The lowest BCUT2D eigenvalue weighted by atomic mass is 9.98. The van der Waals surface area contributed by atoms with E-state index in [9.17, 15) is 9.59 Å². The molecule has 152 valence electrons. The van der Waals surface area contributed by atoms with Gasteiger partial charge in [0.25, 0.3) is 11.5 Å². The molecule has 0 radical (unpaired) electrons. The Morgan fingerprint density at radius 1 is 1.10 bits per heavy atom. The van der Waals surface area contributed by atoms with Crippen molar-refractivity contribution in [3.05, 3.63) is 76.1 Å². The molecule has 0 aliphatic heterocycles. The third kappa shape index (κ3) is 5.05. The molecule has 1 N–H and O–H groups in total. The van der Waals surface area contributed by atoms with Crippen molar-refractivity contribution in [1.29, 1.82) is 0 Å². The third-order valence-electron chi connectivity index (χ3n) is 5.00. The molecule has 0 aliphatic carbocycles. The zero-order chi connectivity index (χ0) is 20.8. The summed E-state index contributed by atoms with van der Waals surface area (Å²) < 4.78 is 7.42. The highest BCUT2D eigenvalue weighted by molar-refractivity contribution is 5.84. The Kier molecular flexibility index (Phi) is 6.70. The lowest BCUT2D eigenvalue weighted by Gasteiger charge is -2.15. The van der Waals surface area contributed by atoms with Gasteiger partial charge in [-0.25, -0.2) is 0 Å². The van der Waals surface area contributed by atoms with E-state index in [0.29, 0.717) is 18.8 Å². The van der Waals surface area contributed by atoms with Crippen molar-refractivity contribution in [2.75, 3.05) is 13.2 Å². The fourth-order valence-electron chi connectivity index (χ4n) is 3.47. The maximum Gasteiger partial charge on any atom is 0.257 e. The van der Waals surface area contributed by atoms with Crippen LogP contribution in [0.4, 0.5) is 0 Å². The van der Waals surface area contributed by atoms with Crippen LogP contribution in [0.1, 0.15) is 37.8 Å². The molecule has 3 aromatic rings. The van der Waals surface area contributed by atoms with Crippen molar-refractivity contribution in [3.63, 3.8) is 0 Å². The van der Waals surface area contributed by atoms with Gasteiger partial charge in [0.05, 0.1) is 5.52 Å². The fourth-order valence-corrected chi connectivity index (χ4v) is 3.47. The monoisotopic (exact) mass is 392 g/mol. The van der Waals surface area contributed by atoms with Crippen LogP contribution in [-0.2, 0) is 17.8 Å².